The molecular formula is C16H29BrO2. The molecule has 2 nitrogen and oxygen atoms in total. The third-order valence-electron chi connectivity index (χ3n) is 3.18. The lowest BCUT2D eigenvalue weighted by molar-refractivity contribution is -0.137. The number of unbranched alkanes of at least 4 members (excludes halogenated alkanes) is 9. The van der Waals surface area contributed by atoms with Crippen LogP contribution < -0.4 is 0 Å². The molecule has 0 aliphatic rings. The highest BCUT2D eigenvalue weighted by molar-refractivity contribution is 9.09. The molecule has 0 spiro atoms. The molecule has 0 aromatic rings. The van der Waals surface area contributed by atoms with Crippen molar-refractivity contribution in [1.29, 1.82) is 0 Å². The van der Waals surface area contributed by atoms with E-state index >= 15 is 0 Å². The quantitative estimate of drug-likeness (QED) is 0.251. The minimum absolute atomic E-state index is 0.324. The van der Waals surface area contributed by atoms with E-state index in [0.717, 1.165) is 31.0 Å². The smallest absolute Gasteiger partial charge is 0.303 e. The molecule has 0 bridgehead atoms. The van der Waals surface area contributed by atoms with Crippen LogP contribution in [0.2, 0.25) is 0 Å². The molecule has 0 aliphatic heterocycles. The second-order valence-corrected chi connectivity index (χ2v) is 5.86. The van der Waals surface area contributed by atoms with Crippen LogP contribution in [0.4, 0.5) is 0 Å². The molecule has 0 aliphatic carbocycles. The van der Waals surface area contributed by atoms with E-state index in [0.29, 0.717) is 6.42 Å². The minimum Gasteiger partial charge on any atom is -0.481 e. The van der Waals surface area contributed by atoms with Gasteiger partial charge in [-0.3, -0.25) is 4.79 Å². The van der Waals surface area contributed by atoms with Gasteiger partial charge in [0.25, 0.3) is 0 Å². The Bertz CT molecular complexity index is 227. The van der Waals surface area contributed by atoms with E-state index in [2.05, 4.69) is 28.1 Å². The molecular weight excluding hydrogens is 304 g/mol. The predicted molar refractivity (Wildman–Crippen MR) is 86.0 cm³/mol. The Hall–Kier alpha value is -0.310. The van der Waals surface area contributed by atoms with Crippen LogP contribution >= 0.6 is 15.9 Å². The minimum atomic E-state index is -0.670. The lowest BCUT2D eigenvalue weighted by atomic mass is 10.1. The number of carboxylic acid groups (broad SMARTS) is 1. The Labute approximate surface area is 126 Å². The van der Waals surface area contributed by atoms with Crippen LogP contribution in [0, 0.1) is 0 Å². The monoisotopic (exact) mass is 332 g/mol. The number of allylic oxidation sites excluding steroid dienone is 2. The van der Waals surface area contributed by atoms with Gasteiger partial charge in [-0.25, -0.2) is 0 Å². The lowest BCUT2D eigenvalue weighted by Gasteiger charge is -1.98. The highest BCUT2D eigenvalue weighted by Gasteiger charge is 1.95. The van der Waals surface area contributed by atoms with Crippen LogP contribution in [0.3, 0.4) is 0 Å². The van der Waals surface area contributed by atoms with Gasteiger partial charge >= 0.3 is 5.97 Å². The maximum atomic E-state index is 10.3. The van der Waals surface area contributed by atoms with Gasteiger partial charge in [0.2, 0.25) is 0 Å². The summed E-state index contributed by atoms with van der Waals surface area (Å²) < 4.78 is 0. The first-order valence-corrected chi connectivity index (χ1v) is 8.82. The number of carboxylic acids is 1. The first kappa shape index (κ1) is 18.7. The predicted octanol–water partition coefficient (Wildman–Crippen LogP) is 5.70. The summed E-state index contributed by atoms with van der Waals surface area (Å²) in [5.41, 5.74) is 0. The zero-order valence-electron chi connectivity index (χ0n) is 12.1. The Morgan fingerprint density at radius 2 is 1.26 bits per heavy atom. The van der Waals surface area contributed by atoms with E-state index in [4.69, 9.17) is 5.11 Å². The number of halogens is 1. The summed E-state index contributed by atoms with van der Waals surface area (Å²) in [4.78, 5) is 10.3. The van der Waals surface area contributed by atoms with Gasteiger partial charge in [0.05, 0.1) is 0 Å². The van der Waals surface area contributed by atoms with E-state index in [-0.39, 0.29) is 0 Å². The molecule has 0 fully saturated rings. The van der Waals surface area contributed by atoms with Gasteiger partial charge in [-0.1, -0.05) is 60.2 Å². The molecule has 0 unspecified atom stereocenters. The van der Waals surface area contributed by atoms with Crippen molar-refractivity contribution in [2.45, 2.75) is 77.0 Å². The summed E-state index contributed by atoms with van der Waals surface area (Å²) in [7, 11) is 0. The third-order valence-corrected chi connectivity index (χ3v) is 3.74. The number of aliphatic carboxylic acids is 1. The fourth-order valence-electron chi connectivity index (χ4n) is 2.01. The lowest BCUT2D eigenvalue weighted by Crippen LogP contribution is -1.93. The molecule has 19 heavy (non-hydrogen) atoms. The van der Waals surface area contributed by atoms with Crippen molar-refractivity contribution in [3.05, 3.63) is 12.2 Å². The van der Waals surface area contributed by atoms with Crippen molar-refractivity contribution < 1.29 is 9.90 Å². The number of carbonyl (C=O) groups is 1. The Morgan fingerprint density at radius 1 is 0.789 bits per heavy atom. The highest BCUT2D eigenvalue weighted by atomic mass is 79.9. The summed E-state index contributed by atoms with van der Waals surface area (Å²) in [6, 6.07) is 0. The van der Waals surface area contributed by atoms with Crippen LogP contribution in [-0.4, -0.2) is 16.4 Å². The molecule has 0 atom stereocenters. The molecule has 1 N–H and O–H groups in total. The van der Waals surface area contributed by atoms with Crippen LogP contribution in [-0.2, 0) is 4.79 Å². The number of hydrogen-bond donors (Lipinski definition) is 1. The summed E-state index contributed by atoms with van der Waals surface area (Å²) in [5, 5.41) is 9.63. The van der Waals surface area contributed by atoms with E-state index in [1.54, 1.807) is 0 Å². The van der Waals surface area contributed by atoms with Gasteiger partial charge in [0.1, 0.15) is 0 Å². The average Bonchev–Trinajstić information content (AvgIpc) is 2.39. The number of rotatable bonds is 14. The van der Waals surface area contributed by atoms with Gasteiger partial charge in [0, 0.05) is 11.8 Å². The molecule has 0 saturated carbocycles. The van der Waals surface area contributed by atoms with E-state index in [9.17, 15) is 4.79 Å². The standard InChI is InChI=1S/C16H29BrO2/c17-15-13-11-9-7-5-3-1-2-4-6-8-10-12-14-16(18)19/h1-2H,3-15H2,(H,18,19). The van der Waals surface area contributed by atoms with Crippen molar-refractivity contribution in [3.8, 4) is 0 Å². The van der Waals surface area contributed by atoms with Crippen molar-refractivity contribution >= 4 is 21.9 Å². The molecule has 0 rings (SSSR count). The topological polar surface area (TPSA) is 37.3 Å². The van der Waals surface area contributed by atoms with Crippen molar-refractivity contribution in [1.82, 2.24) is 0 Å². The van der Waals surface area contributed by atoms with Crippen LogP contribution in [0.25, 0.3) is 0 Å². The second kappa shape index (κ2) is 15.7. The maximum Gasteiger partial charge on any atom is 0.303 e. The Kier molecular flexibility index (Phi) is 15.5. The van der Waals surface area contributed by atoms with Crippen molar-refractivity contribution in [2.24, 2.45) is 0 Å². The second-order valence-electron chi connectivity index (χ2n) is 5.06. The fraction of sp³-hybridized carbons (Fsp3) is 0.812. The molecule has 0 aromatic carbocycles. The Morgan fingerprint density at radius 3 is 1.79 bits per heavy atom. The SMILES string of the molecule is O=C(O)CCCCCCC=CCCCCCCCBr. The van der Waals surface area contributed by atoms with Gasteiger partial charge in [-0.15, -0.1) is 0 Å². The van der Waals surface area contributed by atoms with E-state index in [1.807, 2.05) is 0 Å². The summed E-state index contributed by atoms with van der Waals surface area (Å²) in [6.45, 7) is 0. The Balaban J connectivity index is 3.07. The number of hydrogen-bond acceptors (Lipinski definition) is 1. The molecule has 0 saturated heterocycles. The average molecular weight is 333 g/mol. The van der Waals surface area contributed by atoms with E-state index in [1.165, 1.54) is 44.9 Å². The fourth-order valence-corrected chi connectivity index (χ4v) is 2.41. The first-order valence-electron chi connectivity index (χ1n) is 7.70. The summed E-state index contributed by atoms with van der Waals surface area (Å²) in [5.74, 6) is -0.670. The first-order chi connectivity index (χ1) is 9.27. The zero-order chi connectivity index (χ0) is 14.2. The molecule has 112 valence electrons. The summed E-state index contributed by atoms with van der Waals surface area (Å²) in [6.07, 6.45) is 18.2. The zero-order valence-corrected chi connectivity index (χ0v) is 13.7. The highest BCUT2D eigenvalue weighted by Crippen LogP contribution is 2.09. The summed E-state index contributed by atoms with van der Waals surface area (Å²) >= 11 is 3.45. The molecule has 3 heteroatoms. The molecule has 0 amide bonds. The largest absolute Gasteiger partial charge is 0.481 e. The molecule has 0 radical (unpaired) electrons. The van der Waals surface area contributed by atoms with Gasteiger partial charge in [-0.2, -0.15) is 0 Å². The van der Waals surface area contributed by atoms with Crippen molar-refractivity contribution in [2.75, 3.05) is 5.33 Å². The van der Waals surface area contributed by atoms with Gasteiger partial charge < -0.3 is 5.11 Å². The molecule has 0 heterocycles. The molecule has 0 aromatic heterocycles. The number of alkyl halides is 1. The maximum absolute atomic E-state index is 10.3. The van der Waals surface area contributed by atoms with Crippen molar-refractivity contribution in [3.63, 3.8) is 0 Å². The van der Waals surface area contributed by atoms with Crippen LogP contribution in [0.1, 0.15) is 77.0 Å². The van der Waals surface area contributed by atoms with Crippen LogP contribution in [0.5, 0.6) is 0 Å². The van der Waals surface area contributed by atoms with Gasteiger partial charge in [0.15, 0.2) is 0 Å². The van der Waals surface area contributed by atoms with E-state index < -0.39 is 5.97 Å². The third kappa shape index (κ3) is 17.7. The van der Waals surface area contributed by atoms with Crippen LogP contribution in [0.15, 0.2) is 12.2 Å². The normalized spacial score (nSPS) is 11.2. The van der Waals surface area contributed by atoms with Gasteiger partial charge in [-0.05, 0) is 38.5 Å².